The summed E-state index contributed by atoms with van der Waals surface area (Å²) in [5, 5.41) is 15.7. The van der Waals surface area contributed by atoms with Crippen LogP contribution in [0.5, 0.6) is 0 Å². The van der Waals surface area contributed by atoms with Crippen LogP contribution in [0, 0.1) is 5.92 Å². The number of aromatic nitrogens is 2. The van der Waals surface area contributed by atoms with E-state index in [1.165, 1.54) is 0 Å². The zero-order valence-corrected chi connectivity index (χ0v) is 11.0. The van der Waals surface area contributed by atoms with Gasteiger partial charge in [0.2, 0.25) is 5.91 Å². The molecule has 2 rings (SSSR count). The van der Waals surface area contributed by atoms with Crippen molar-refractivity contribution >= 4 is 11.9 Å². The van der Waals surface area contributed by atoms with Crippen LogP contribution in [0.4, 0.5) is 0 Å². The zero-order chi connectivity index (χ0) is 13.8. The van der Waals surface area contributed by atoms with Crippen molar-refractivity contribution in [2.45, 2.75) is 38.1 Å². The summed E-state index contributed by atoms with van der Waals surface area (Å²) < 4.78 is 1.68. The van der Waals surface area contributed by atoms with E-state index in [0.717, 1.165) is 18.4 Å². The van der Waals surface area contributed by atoms with E-state index >= 15 is 0 Å². The Labute approximate surface area is 111 Å². The molecule has 1 unspecified atom stereocenters. The second kappa shape index (κ2) is 5.86. The lowest BCUT2D eigenvalue weighted by molar-refractivity contribution is -0.142. The summed E-state index contributed by atoms with van der Waals surface area (Å²) in [4.78, 5) is 22.8. The zero-order valence-electron chi connectivity index (χ0n) is 11.0. The summed E-state index contributed by atoms with van der Waals surface area (Å²) in [5.41, 5.74) is 0.978. The predicted molar refractivity (Wildman–Crippen MR) is 68.4 cm³/mol. The van der Waals surface area contributed by atoms with Crippen molar-refractivity contribution < 1.29 is 14.7 Å². The van der Waals surface area contributed by atoms with E-state index in [0.29, 0.717) is 25.2 Å². The van der Waals surface area contributed by atoms with E-state index in [1.54, 1.807) is 10.9 Å². The van der Waals surface area contributed by atoms with E-state index in [4.69, 9.17) is 5.11 Å². The van der Waals surface area contributed by atoms with Crippen molar-refractivity contribution in [3.63, 3.8) is 0 Å². The molecule has 1 atom stereocenters. The Kier molecular flexibility index (Phi) is 4.19. The summed E-state index contributed by atoms with van der Waals surface area (Å²) in [6.07, 6.45) is 7.15. The fourth-order valence-corrected chi connectivity index (χ4v) is 2.03. The molecule has 6 heteroatoms. The number of carboxylic acid groups (broad SMARTS) is 1. The first kappa shape index (κ1) is 13.6. The van der Waals surface area contributed by atoms with Crippen LogP contribution in [0.3, 0.4) is 0 Å². The molecule has 1 aliphatic rings. The van der Waals surface area contributed by atoms with E-state index in [2.05, 4.69) is 10.4 Å². The summed E-state index contributed by atoms with van der Waals surface area (Å²) in [6.45, 7) is 0. The minimum atomic E-state index is -0.943. The Hall–Kier alpha value is -1.85. The molecule has 1 heterocycles. The maximum absolute atomic E-state index is 11.7. The molecule has 1 aliphatic carbocycles. The second-order valence-electron chi connectivity index (χ2n) is 5.16. The lowest BCUT2D eigenvalue weighted by Crippen LogP contribution is -2.41. The number of aryl methyl sites for hydroxylation is 2. The topological polar surface area (TPSA) is 84.2 Å². The van der Waals surface area contributed by atoms with Gasteiger partial charge in [-0.25, -0.2) is 4.79 Å². The number of nitrogens with one attached hydrogen (secondary N) is 1. The summed E-state index contributed by atoms with van der Waals surface area (Å²) in [5.74, 6) is -0.682. The van der Waals surface area contributed by atoms with Crippen LogP contribution in [-0.4, -0.2) is 32.8 Å². The van der Waals surface area contributed by atoms with Crippen LogP contribution in [0.2, 0.25) is 0 Å². The first-order chi connectivity index (χ1) is 9.04. The molecule has 19 heavy (non-hydrogen) atoms. The van der Waals surface area contributed by atoms with Crippen molar-refractivity contribution in [1.29, 1.82) is 0 Å². The smallest absolute Gasteiger partial charge is 0.326 e. The number of carbonyl (C=O) groups is 2. The van der Waals surface area contributed by atoms with E-state index in [1.807, 2.05) is 13.2 Å². The van der Waals surface area contributed by atoms with Gasteiger partial charge in [0, 0.05) is 19.7 Å². The molecule has 0 saturated heterocycles. The summed E-state index contributed by atoms with van der Waals surface area (Å²) in [6, 6.07) is -0.742. The number of hydrogen-bond acceptors (Lipinski definition) is 3. The first-order valence-electron chi connectivity index (χ1n) is 6.54. The maximum Gasteiger partial charge on any atom is 0.326 e. The molecular weight excluding hydrogens is 246 g/mol. The Morgan fingerprint density at radius 2 is 2.32 bits per heavy atom. The van der Waals surface area contributed by atoms with Crippen molar-refractivity contribution in [2.24, 2.45) is 13.0 Å². The van der Waals surface area contributed by atoms with Gasteiger partial charge in [-0.05, 0) is 24.3 Å². The fourth-order valence-electron chi connectivity index (χ4n) is 2.03. The standard InChI is InChI=1S/C13H19N3O3/c1-16-8-10(7-14-16)4-5-12(17)15-11(13(18)19)6-9-2-3-9/h7-9,11H,2-6H2,1H3,(H,15,17)(H,18,19). The van der Waals surface area contributed by atoms with Gasteiger partial charge in [-0.15, -0.1) is 0 Å². The normalized spacial score (nSPS) is 16.1. The van der Waals surface area contributed by atoms with Gasteiger partial charge >= 0.3 is 5.97 Å². The van der Waals surface area contributed by atoms with Crippen molar-refractivity contribution in [2.75, 3.05) is 0 Å². The van der Waals surface area contributed by atoms with Gasteiger partial charge in [0.25, 0.3) is 0 Å². The predicted octanol–water partition coefficient (Wildman–Crippen LogP) is 0.722. The van der Waals surface area contributed by atoms with Gasteiger partial charge in [-0.3, -0.25) is 9.48 Å². The third-order valence-electron chi connectivity index (χ3n) is 3.30. The molecule has 1 aromatic heterocycles. The molecule has 6 nitrogen and oxygen atoms in total. The monoisotopic (exact) mass is 265 g/mol. The molecule has 2 N–H and O–H groups in total. The Balaban J connectivity index is 1.76. The highest BCUT2D eigenvalue weighted by Crippen LogP contribution is 2.33. The summed E-state index contributed by atoms with van der Waals surface area (Å²) >= 11 is 0. The summed E-state index contributed by atoms with van der Waals surface area (Å²) in [7, 11) is 1.82. The van der Waals surface area contributed by atoms with Crippen molar-refractivity contribution in [3.8, 4) is 0 Å². The Morgan fingerprint density at radius 3 is 2.84 bits per heavy atom. The number of carboxylic acids is 1. The molecule has 0 spiro atoms. The molecule has 1 fully saturated rings. The maximum atomic E-state index is 11.7. The Bertz CT molecular complexity index is 465. The average molecular weight is 265 g/mol. The van der Waals surface area contributed by atoms with Crippen LogP contribution in [0.1, 0.15) is 31.2 Å². The average Bonchev–Trinajstić information content (AvgIpc) is 3.07. The number of nitrogens with zero attached hydrogens (tertiary/aromatic N) is 2. The molecule has 0 aromatic carbocycles. The van der Waals surface area contributed by atoms with Gasteiger partial charge in [-0.1, -0.05) is 12.8 Å². The van der Waals surface area contributed by atoms with Crippen LogP contribution in [0.25, 0.3) is 0 Å². The number of rotatable bonds is 7. The van der Waals surface area contributed by atoms with Gasteiger partial charge in [0.15, 0.2) is 0 Å². The van der Waals surface area contributed by atoms with Crippen LogP contribution in [0.15, 0.2) is 12.4 Å². The van der Waals surface area contributed by atoms with E-state index in [9.17, 15) is 9.59 Å². The van der Waals surface area contributed by atoms with E-state index in [-0.39, 0.29) is 5.91 Å². The van der Waals surface area contributed by atoms with Gasteiger partial charge < -0.3 is 10.4 Å². The highest BCUT2D eigenvalue weighted by Gasteiger charge is 2.29. The van der Waals surface area contributed by atoms with Crippen LogP contribution >= 0.6 is 0 Å². The SMILES string of the molecule is Cn1cc(CCC(=O)NC(CC2CC2)C(=O)O)cn1. The van der Waals surface area contributed by atoms with Crippen molar-refractivity contribution in [1.82, 2.24) is 15.1 Å². The quantitative estimate of drug-likeness (QED) is 0.761. The lowest BCUT2D eigenvalue weighted by atomic mass is 10.1. The number of carbonyl (C=O) groups excluding carboxylic acids is 1. The van der Waals surface area contributed by atoms with Crippen LogP contribution in [-0.2, 0) is 23.1 Å². The molecule has 1 saturated carbocycles. The molecule has 0 radical (unpaired) electrons. The van der Waals surface area contributed by atoms with Gasteiger partial charge in [0.1, 0.15) is 6.04 Å². The molecule has 1 aromatic rings. The van der Waals surface area contributed by atoms with E-state index < -0.39 is 12.0 Å². The lowest BCUT2D eigenvalue weighted by Gasteiger charge is -2.13. The molecule has 0 aliphatic heterocycles. The first-order valence-corrected chi connectivity index (χ1v) is 6.54. The second-order valence-corrected chi connectivity index (χ2v) is 5.16. The molecule has 0 bridgehead atoms. The highest BCUT2D eigenvalue weighted by molar-refractivity contribution is 5.83. The molecule has 104 valence electrons. The van der Waals surface area contributed by atoms with Gasteiger partial charge in [0.05, 0.1) is 6.20 Å². The molecular formula is C13H19N3O3. The highest BCUT2D eigenvalue weighted by atomic mass is 16.4. The minimum absolute atomic E-state index is 0.211. The Morgan fingerprint density at radius 1 is 1.58 bits per heavy atom. The van der Waals surface area contributed by atoms with Gasteiger partial charge in [-0.2, -0.15) is 5.10 Å². The van der Waals surface area contributed by atoms with Crippen LogP contribution < -0.4 is 5.32 Å². The third-order valence-corrected chi connectivity index (χ3v) is 3.30. The minimum Gasteiger partial charge on any atom is -0.480 e. The number of amides is 1. The number of aliphatic carboxylic acids is 1. The fraction of sp³-hybridized carbons (Fsp3) is 0.615. The largest absolute Gasteiger partial charge is 0.480 e. The van der Waals surface area contributed by atoms with Crippen molar-refractivity contribution in [3.05, 3.63) is 18.0 Å². The number of hydrogen-bond donors (Lipinski definition) is 2. The third kappa shape index (κ3) is 4.39. The molecule has 1 amide bonds.